The van der Waals surface area contributed by atoms with Crippen LogP contribution in [0.2, 0.25) is 0 Å². The third-order valence-corrected chi connectivity index (χ3v) is 3.86. The molecule has 0 bridgehead atoms. The fourth-order valence-corrected chi connectivity index (χ4v) is 2.80. The molecule has 1 saturated heterocycles. The lowest BCUT2D eigenvalue weighted by Crippen LogP contribution is -2.52. The van der Waals surface area contributed by atoms with Gasteiger partial charge < -0.3 is 10.2 Å². The van der Waals surface area contributed by atoms with Crippen LogP contribution in [0.1, 0.15) is 17.3 Å². The molecule has 1 aromatic carbocycles. The Hall–Kier alpha value is -1.67. The first-order chi connectivity index (χ1) is 9.78. The van der Waals surface area contributed by atoms with E-state index in [0.29, 0.717) is 19.6 Å². The van der Waals surface area contributed by atoms with Gasteiger partial charge in [-0.2, -0.15) is 0 Å². The number of carbonyl (C=O) groups excluding carboxylic acids is 1. The second-order valence-electron chi connectivity index (χ2n) is 5.12. The molecule has 1 aliphatic heterocycles. The van der Waals surface area contributed by atoms with E-state index in [2.05, 4.69) is 10.0 Å². The number of nitrogens with zero attached hydrogens (tertiary/aromatic N) is 1. The third kappa shape index (κ3) is 3.92. The van der Waals surface area contributed by atoms with Crippen LogP contribution in [0.5, 0.6) is 0 Å². The van der Waals surface area contributed by atoms with E-state index in [1.807, 2.05) is 6.92 Å². The summed E-state index contributed by atoms with van der Waals surface area (Å²) in [5, 5.41) is 3.18. The molecule has 0 spiro atoms. The predicted octanol–water partition coefficient (Wildman–Crippen LogP) is 0.631. The van der Waals surface area contributed by atoms with Gasteiger partial charge in [0.05, 0.1) is 11.9 Å². The van der Waals surface area contributed by atoms with Crippen molar-refractivity contribution in [2.75, 3.05) is 30.6 Å². The van der Waals surface area contributed by atoms with Gasteiger partial charge in [-0.3, -0.25) is 9.52 Å². The average Bonchev–Trinajstić information content (AvgIpc) is 2.39. The fraction of sp³-hybridized carbons (Fsp3) is 0.462. The molecule has 1 fully saturated rings. The summed E-state index contributed by atoms with van der Waals surface area (Å²) >= 11 is 0. The van der Waals surface area contributed by atoms with Crippen molar-refractivity contribution in [2.45, 2.75) is 13.0 Å². The summed E-state index contributed by atoms with van der Waals surface area (Å²) in [5.74, 6) is -0.953. The number of amides is 1. The van der Waals surface area contributed by atoms with Crippen molar-refractivity contribution in [3.8, 4) is 0 Å². The summed E-state index contributed by atoms with van der Waals surface area (Å²) in [7, 11) is -3.60. The standard InChI is InChI=1S/C13H18FN3O3S/c1-9-8-15-5-6-17(9)13(18)10-3-4-11(14)12(7-10)16-21(2,19)20/h3-4,7,9,15-16H,5-6,8H2,1-2H3/t9-/m0/s1. The molecular weight excluding hydrogens is 297 g/mol. The second-order valence-corrected chi connectivity index (χ2v) is 6.87. The number of benzene rings is 1. The summed E-state index contributed by atoms with van der Waals surface area (Å²) < 4.78 is 38.1. The smallest absolute Gasteiger partial charge is 0.254 e. The van der Waals surface area contributed by atoms with E-state index < -0.39 is 15.8 Å². The largest absolute Gasteiger partial charge is 0.333 e. The molecule has 1 heterocycles. The van der Waals surface area contributed by atoms with Crippen molar-refractivity contribution in [2.24, 2.45) is 0 Å². The Kier molecular flexibility index (Phi) is 4.48. The number of hydrogen-bond donors (Lipinski definition) is 2. The maximum atomic E-state index is 13.6. The monoisotopic (exact) mass is 315 g/mol. The van der Waals surface area contributed by atoms with Crippen LogP contribution in [-0.2, 0) is 10.0 Å². The Bertz CT molecular complexity index is 648. The molecule has 0 unspecified atom stereocenters. The molecule has 1 amide bonds. The number of carbonyl (C=O) groups is 1. The minimum absolute atomic E-state index is 0.0302. The molecule has 1 atom stereocenters. The van der Waals surface area contributed by atoms with Gasteiger partial charge in [-0.05, 0) is 25.1 Å². The number of nitrogens with one attached hydrogen (secondary N) is 2. The van der Waals surface area contributed by atoms with Crippen molar-refractivity contribution in [1.82, 2.24) is 10.2 Å². The van der Waals surface area contributed by atoms with Gasteiger partial charge in [0.1, 0.15) is 5.82 Å². The molecule has 21 heavy (non-hydrogen) atoms. The van der Waals surface area contributed by atoms with Crippen LogP contribution in [0.25, 0.3) is 0 Å². The van der Waals surface area contributed by atoms with Gasteiger partial charge in [0.2, 0.25) is 10.0 Å². The zero-order valence-corrected chi connectivity index (χ0v) is 12.7. The average molecular weight is 315 g/mol. The van der Waals surface area contributed by atoms with Crippen molar-refractivity contribution < 1.29 is 17.6 Å². The second kappa shape index (κ2) is 5.98. The van der Waals surface area contributed by atoms with Crippen molar-refractivity contribution >= 4 is 21.6 Å². The third-order valence-electron chi connectivity index (χ3n) is 3.27. The molecule has 8 heteroatoms. The number of sulfonamides is 1. The van der Waals surface area contributed by atoms with Crippen LogP contribution in [-0.4, -0.2) is 51.2 Å². The van der Waals surface area contributed by atoms with Crippen LogP contribution in [0, 0.1) is 5.82 Å². The Labute approximate surface area is 123 Å². The van der Waals surface area contributed by atoms with Crippen LogP contribution in [0.15, 0.2) is 18.2 Å². The van der Waals surface area contributed by atoms with Crippen LogP contribution >= 0.6 is 0 Å². The summed E-state index contributed by atoms with van der Waals surface area (Å²) in [6.07, 6.45) is 0.930. The Balaban J connectivity index is 2.27. The quantitative estimate of drug-likeness (QED) is 0.857. The molecule has 1 aromatic rings. The molecule has 6 nitrogen and oxygen atoms in total. The first kappa shape index (κ1) is 15.7. The molecule has 1 aliphatic rings. The molecular formula is C13H18FN3O3S. The Morgan fingerprint density at radius 3 is 2.81 bits per heavy atom. The van der Waals surface area contributed by atoms with Gasteiger partial charge in [-0.15, -0.1) is 0 Å². The fourth-order valence-electron chi connectivity index (χ4n) is 2.24. The van der Waals surface area contributed by atoms with Crippen molar-refractivity contribution in [3.63, 3.8) is 0 Å². The minimum Gasteiger partial charge on any atom is -0.333 e. The van der Waals surface area contributed by atoms with Gasteiger partial charge in [0.25, 0.3) is 5.91 Å². The molecule has 2 rings (SSSR count). The van der Waals surface area contributed by atoms with E-state index in [4.69, 9.17) is 0 Å². The maximum absolute atomic E-state index is 13.6. The van der Waals surface area contributed by atoms with Gasteiger partial charge >= 0.3 is 0 Å². The van der Waals surface area contributed by atoms with Gasteiger partial charge in [0, 0.05) is 31.2 Å². The summed E-state index contributed by atoms with van der Waals surface area (Å²) in [6.45, 7) is 3.88. The van der Waals surface area contributed by atoms with Crippen LogP contribution in [0.4, 0.5) is 10.1 Å². The summed E-state index contributed by atoms with van der Waals surface area (Å²) in [5.41, 5.74) is 0.0439. The Morgan fingerprint density at radius 1 is 1.48 bits per heavy atom. The van der Waals surface area contributed by atoms with E-state index >= 15 is 0 Å². The van der Waals surface area contributed by atoms with E-state index in [1.165, 1.54) is 12.1 Å². The summed E-state index contributed by atoms with van der Waals surface area (Å²) in [4.78, 5) is 14.1. The molecule has 0 radical (unpaired) electrons. The molecule has 0 aromatic heterocycles. The molecule has 0 aliphatic carbocycles. The predicted molar refractivity (Wildman–Crippen MR) is 78.2 cm³/mol. The SMILES string of the molecule is C[C@H]1CNCCN1C(=O)c1ccc(F)c(NS(C)(=O)=O)c1. The topological polar surface area (TPSA) is 78.5 Å². The number of rotatable bonds is 3. The first-order valence-electron chi connectivity index (χ1n) is 6.57. The van der Waals surface area contributed by atoms with Gasteiger partial charge in [0.15, 0.2) is 0 Å². The van der Waals surface area contributed by atoms with E-state index in [9.17, 15) is 17.6 Å². The number of anilines is 1. The first-order valence-corrected chi connectivity index (χ1v) is 8.46. The van der Waals surface area contributed by atoms with E-state index in [-0.39, 0.29) is 23.2 Å². The lowest BCUT2D eigenvalue weighted by atomic mass is 10.1. The normalized spacial score (nSPS) is 19.4. The number of piperazine rings is 1. The summed E-state index contributed by atoms with van der Waals surface area (Å²) in [6, 6.07) is 3.71. The minimum atomic E-state index is -3.60. The number of halogens is 1. The molecule has 0 saturated carbocycles. The Morgan fingerprint density at radius 2 is 2.19 bits per heavy atom. The molecule has 2 N–H and O–H groups in total. The highest BCUT2D eigenvalue weighted by atomic mass is 32.2. The lowest BCUT2D eigenvalue weighted by molar-refractivity contribution is 0.0656. The van der Waals surface area contributed by atoms with Crippen LogP contribution < -0.4 is 10.0 Å². The zero-order valence-electron chi connectivity index (χ0n) is 11.9. The highest BCUT2D eigenvalue weighted by molar-refractivity contribution is 7.92. The maximum Gasteiger partial charge on any atom is 0.254 e. The highest BCUT2D eigenvalue weighted by Crippen LogP contribution is 2.19. The van der Waals surface area contributed by atoms with E-state index in [1.54, 1.807) is 4.90 Å². The van der Waals surface area contributed by atoms with Crippen LogP contribution in [0.3, 0.4) is 0 Å². The zero-order chi connectivity index (χ0) is 15.6. The van der Waals surface area contributed by atoms with E-state index in [0.717, 1.165) is 12.3 Å². The molecule has 116 valence electrons. The van der Waals surface area contributed by atoms with Gasteiger partial charge in [-0.1, -0.05) is 0 Å². The number of hydrogen-bond acceptors (Lipinski definition) is 4. The van der Waals surface area contributed by atoms with Gasteiger partial charge in [-0.25, -0.2) is 12.8 Å². The lowest BCUT2D eigenvalue weighted by Gasteiger charge is -2.34. The van der Waals surface area contributed by atoms with Crippen molar-refractivity contribution in [3.05, 3.63) is 29.6 Å². The van der Waals surface area contributed by atoms with Crippen molar-refractivity contribution in [1.29, 1.82) is 0 Å². The highest BCUT2D eigenvalue weighted by Gasteiger charge is 2.24.